The highest BCUT2D eigenvalue weighted by Crippen LogP contribution is 2.34. The monoisotopic (exact) mass is 351 g/mol. The number of carboxylic acids is 1. The summed E-state index contributed by atoms with van der Waals surface area (Å²) in [5.74, 6) is -1.02. The van der Waals surface area contributed by atoms with Crippen molar-refractivity contribution in [2.24, 2.45) is 0 Å². The zero-order chi connectivity index (χ0) is 17.4. The van der Waals surface area contributed by atoms with E-state index in [4.69, 9.17) is 10.8 Å². The van der Waals surface area contributed by atoms with Gasteiger partial charge in [-0.25, -0.2) is 18.6 Å². The summed E-state index contributed by atoms with van der Waals surface area (Å²) in [4.78, 5) is 15.6. The lowest BCUT2D eigenvalue weighted by molar-refractivity contribution is 0.0701. The number of nitrogen functional groups attached to an aromatic ring is 1. The van der Waals surface area contributed by atoms with Gasteiger partial charge in [-0.2, -0.15) is 0 Å². The van der Waals surface area contributed by atoms with Gasteiger partial charge in [0.1, 0.15) is 23.2 Å². The number of benzene rings is 1. The van der Waals surface area contributed by atoms with Crippen LogP contribution in [-0.4, -0.2) is 34.0 Å². The van der Waals surface area contributed by atoms with E-state index < -0.39 is 25.4 Å². The minimum Gasteiger partial charge on any atom is -0.477 e. The number of alkyl halides is 2. The molecule has 126 valence electrons. The third-order valence-corrected chi connectivity index (χ3v) is 5.05. The summed E-state index contributed by atoms with van der Waals surface area (Å²) < 4.78 is 27.5. The van der Waals surface area contributed by atoms with E-state index in [2.05, 4.69) is 4.98 Å². The van der Waals surface area contributed by atoms with Gasteiger partial charge in [-0.15, -0.1) is 11.3 Å². The molecule has 1 aromatic carbocycles. The number of nitrogens with two attached hydrogens (primary N) is 1. The van der Waals surface area contributed by atoms with Crippen molar-refractivity contribution in [2.75, 3.05) is 19.1 Å². The lowest BCUT2D eigenvalue weighted by Crippen LogP contribution is -2.11. The summed E-state index contributed by atoms with van der Waals surface area (Å²) in [7, 11) is 0. The van der Waals surface area contributed by atoms with Crippen molar-refractivity contribution in [1.82, 2.24) is 9.55 Å². The van der Waals surface area contributed by atoms with Gasteiger partial charge in [-0.3, -0.25) is 0 Å². The lowest BCUT2D eigenvalue weighted by Gasteiger charge is -2.12. The normalized spacial score (nSPS) is 11.5. The molecule has 0 bridgehead atoms. The molecule has 24 heavy (non-hydrogen) atoms. The maximum absolute atomic E-state index is 13.0. The molecule has 8 heteroatoms. The number of rotatable bonds is 5. The molecule has 3 N–H and O–H groups in total. The van der Waals surface area contributed by atoms with E-state index in [1.165, 1.54) is 10.8 Å². The number of hydrogen-bond donors (Lipinski definition) is 2. The summed E-state index contributed by atoms with van der Waals surface area (Å²) in [5.41, 5.74) is 8.17. The van der Waals surface area contributed by atoms with Crippen molar-refractivity contribution in [1.29, 1.82) is 0 Å². The summed E-state index contributed by atoms with van der Waals surface area (Å²) in [5, 5.41) is 10.4. The number of nitrogens with zero attached hydrogens (tertiary/aromatic N) is 2. The fourth-order valence-electron chi connectivity index (χ4n) is 2.62. The van der Waals surface area contributed by atoms with Crippen molar-refractivity contribution in [3.63, 3.8) is 0 Å². The van der Waals surface area contributed by atoms with Crippen LogP contribution in [0.5, 0.6) is 0 Å². The number of aromatic nitrogens is 2. The third kappa shape index (κ3) is 2.62. The van der Waals surface area contributed by atoms with Gasteiger partial charge in [-0.1, -0.05) is 0 Å². The minimum atomic E-state index is -1.02. The number of anilines is 1. The number of carbonyl (C=O) groups is 1. The van der Waals surface area contributed by atoms with Crippen LogP contribution in [0.25, 0.3) is 21.5 Å². The van der Waals surface area contributed by atoms with Crippen LogP contribution in [-0.2, 0) is 0 Å². The first-order valence-electron chi connectivity index (χ1n) is 7.19. The first kappa shape index (κ1) is 16.4. The second-order valence-electron chi connectivity index (χ2n) is 5.42. The summed E-state index contributed by atoms with van der Waals surface area (Å²) in [6.07, 6.45) is 1.52. The molecule has 0 radical (unpaired) electrons. The van der Waals surface area contributed by atoms with Crippen molar-refractivity contribution in [3.8, 4) is 10.6 Å². The Hall–Kier alpha value is -2.48. The number of aryl methyl sites for hydroxylation is 1. The van der Waals surface area contributed by atoms with Crippen LogP contribution in [0.15, 0.2) is 24.4 Å². The van der Waals surface area contributed by atoms with E-state index in [-0.39, 0.29) is 4.88 Å². The molecule has 5 nitrogen and oxygen atoms in total. The largest absolute Gasteiger partial charge is 0.477 e. The van der Waals surface area contributed by atoms with Crippen molar-refractivity contribution >= 4 is 33.9 Å². The molecule has 0 saturated carbocycles. The Morgan fingerprint density at radius 3 is 2.71 bits per heavy atom. The molecular weight excluding hydrogens is 336 g/mol. The molecule has 0 atom stereocenters. The van der Waals surface area contributed by atoms with E-state index >= 15 is 0 Å². The number of halogens is 2. The van der Waals surface area contributed by atoms with E-state index in [1.807, 2.05) is 0 Å². The summed E-state index contributed by atoms with van der Waals surface area (Å²) in [6, 6.07) is 4.32. The predicted octanol–water partition coefficient (Wildman–Crippen LogP) is 3.83. The van der Waals surface area contributed by atoms with Crippen LogP contribution in [0.3, 0.4) is 0 Å². The van der Waals surface area contributed by atoms with Gasteiger partial charge in [0.2, 0.25) is 0 Å². The lowest BCUT2D eigenvalue weighted by atomic mass is 10.1. The minimum absolute atomic E-state index is 0.186. The molecule has 3 aromatic rings. The molecular formula is C16H15F2N3O2S. The zero-order valence-electron chi connectivity index (χ0n) is 12.8. The highest BCUT2D eigenvalue weighted by Gasteiger charge is 2.18. The number of fused-ring (bicyclic) bond motifs is 1. The van der Waals surface area contributed by atoms with Gasteiger partial charge >= 0.3 is 5.97 Å². The van der Waals surface area contributed by atoms with Gasteiger partial charge in [0.25, 0.3) is 0 Å². The number of carboxylic acid groups (broad SMARTS) is 1. The number of aromatic carboxylic acids is 1. The van der Waals surface area contributed by atoms with Crippen LogP contribution in [0.4, 0.5) is 14.5 Å². The maximum Gasteiger partial charge on any atom is 0.347 e. The number of thiazole rings is 1. The van der Waals surface area contributed by atoms with Gasteiger partial charge in [0.05, 0.1) is 22.9 Å². The second kappa shape index (κ2) is 6.20. The van der Waals surface area contributed by atoms with E-state index in [1.54, 1.807) is 25.1 Å². The quantitative estimate of drug-likeness (QED) is 0.732. The van der Waals surface area contributed by atoms with Crippen molar-refractivity contribution < 1.29 is 18.7 Å². The molecule has 0 unspecified atom stereocenters. The first-order valence-corrected chi connectivity index (χ1v) is 8.01. The Labute approximate surface area is 140 Å². The second-order valence-corrected chi connectivity index (χ2v) is 6.42. The highest BCUT2D eigenvalue weighted by molar-refractivity contribution is 7.17. The molecule has 3 rings (SSSR count). The van der Waals surface area contributed by atoms with Gasteiger partial charge in [-0.05, 0) is 25.1 Å². The molecule has 0 aliphatic heterocycles. The van der Waals surface area contributed by atoms with Crippen LogP contribution >= 0.6 is 11.3 Å². The molecule has 0 fully saturated rings. The predicted molar refractivity (Wildman–Crippen MR) is 90.1 cm³/mol. The van der Waals surface area contributed by atoms with E-state index in [0.29, 0.717) is 32.9 Å². The van der Waals surface area contributed by atoms with Crippen LogP contribution < -0.4 is 5.73 Å². The van der Waals surface area contributed by atoms with Gasteiger partial charge in [0.15, 0.2) is 0 Å². The Morgan fingerprint density at radius 1 is 1.42 bits per heavy atom. The molecule has 2 heterocycles. The average Bonchev–Trinajstić information content (AvgIpc) is 3.10. The fourth-order valence-corrected chi connectivity index (χ4v) is 3.53. The summed E-state index contributed by atoms with van der Waals surface area (Å²) in [6.45, 7) is -0.00977. The van der Waals surface area contributed by atoms with Crippen LogP contribution in [0.1, 0.15) is 21.4 Å². The van der Waals surface area contributed by atoms with Crippen LogP contribution in [0, 0.1) is 6.92 Å². The van der Waals surface area contributed by atoms with Crippen molar-refractivity contribution in [2.45, 2.75) is 13.0 Å². The smallest absolute Gasteiger partial charge is 0.347 e. The molecule has 0 spiro atoms. The maximum atomic E-state index is 13.0. The standard InChI is InChI=1S/C16H15F2N3O2S/c1-8-14(16(22)23)24-15(20-8)9-2-3-13-11(4-9)12(19)7-21(13)10(5-17)6-18/h2-4,7,10H,5-6,19H2,1H3,(H,22,23). The molecule has 0 amide bonds. The molecule has 0 saturated heterocycles. The molecule has 2 aromatic heterocycles. The molecule has 0 aliphatic rings. The average molecular weight is 351 g/mol. The summed E-state index contributed by atoms with van der Waals surface area (Å²) >= 11 is 1.08. The van der Waals surface area contributed by atoms with Gasteiger partial charge in [0, 0.05) is 17.1 Å². The molecule has 0 aliphatic carbocycles. The highest BCUT2D eigenvalue weighted by atomic mass is 32.1. The van der Waals surface area contributed by atoms with E-state index in [0.717, 1.165) is 11.3 Å². The topological polar surface area (TPSA) is 81.1 Å². The Balaban J connectivity index is 2.11. The Kier molecular flexibility index (Phi) is 4.23. The Morgan fingerprint density at radius 2 is 2.12 bits per heavy atom. The van der Waals surface area contributed by atoms with Crippen molar-refractivity contribution in [3.05, 3.63) is 35.0 Å². The zero-order valence-corrected chi connectivity index (χ0v) is 13.6. The van der Waals surface area contributed by atoms with E-state index in [9.17, 15) is 13.6 Å². The van der Waals surface area contributed by atoms with Crippen LogP contribution in [0.2, 0.25) is 0 Å². The third-order valence-electron chi connectivity index (χ3n) is 3.85. The first-order chi connectivity index (χ1) is 11.5. The number of hydrogen-bond acceptors (Lipinski definition) is 4. The Bertz CT molecular complexity index is 916. The fraction of sp³-hybridized carbons (Fsp3) is 0.250. The SMILES string of the molecule is Cc1nc(-c2ccc3c(c2)c(N)cn3C(CF)CF)sc1C(=O)O. The van der Waals surface area contributed by atoms with Gasteiger partial charge < -0.3 is 15.4 Å².